The van der Waals surface area contributed by atoms with Gasteiger partial charge in [-0.05, 0) is 52.4 Å². The first kappa shape index (κ1) is 25.0. The van der Waals surface area contributed by atoms with Gasteiger partial charge in [0.05, 0.1) is 5.75 Å². The number of anilines is 1. The minimum Gasteiger partial charge on any atom is -0.412 e. The van der Waals surface area contributed by atoms with E-state index in [4.69, 9.17) is 0 Å². The molecule has 3 aromatic carbocycles. The van der Waals surface area contributed by atoms with Gasteiger partial charge in [0, 0.05) is 30.9 Å². The average molecular weight is 473 g/mol. The van der Waals surface area contributed by atoms with Gasteiger partial charge in [-0.25, -0.2) is 4.21 Å². The molecule has 0 fully saturated rings. The van der Waals surface area contributed by atoms with Crippen LogP contribution < -0.4 is 4.72 Å². The summed E-state index contributed by atoms with van der Waals surface area (Å²) >= 11 is 0. The maximum Gasteiger partial charge on any atom is 0.137 e. The van der Waals surface area contributed by atoms with Crippen LogP contribution in [0, 0.1) is 0 Å². The van der Waals surface area contributed by atoms with Crippen molar-refractivity contribution in [3.05, 3.63) is 120 Å². The highest BCUT2D eigenvalue weighted by atomic mass is 32.2. The van der Waals surface area contributed by atoms with Gasteiger partial charge in [-0.15, -0.1) is 0 Å². The first-order valence-corrected chi connectivity index (χ1v) is 12.3. The van der Waals surface area contributed by atoms with Gasteiger partial charge in [0.2, 0.25) is 0 Å². The molecule has 0 saturated carbocycles. The molecule has 1 atom stereocenters. The minimum absolute atomic E-state index is 0. The molecule has 0 saturated heterocycles. The Morgan fingerprint density at radius 2 is 1.56 bits per heavy atom. The maximum absolute atomic E-state index is 12.8. The molecule has 0 bridgehead atoms. The number of aryl methyl sites for hydroxylation is 1. The largest absolute Gasteiger partial charge is 0.412 e. The zero-order valence-corrected chi connectivity index (χ0v) is 19.6. The summed E-state index contributed by atoms with van der Waals surface area (Å²) in [5.74, 6) is 0.597. The summed E-state index contributed by atoms with van der Waals surface area (Å²) in [7, 11) is -1.27. The lowest BCUT2D eigenvalue weighted by atomic mass is 10.0. The fourth-order valence-corrected chi connectivity index (χ4v) is 4.70. The molecule has 1 unspecified atom stereocenters. The number of pyridine rings is 1. The Kier molecular flexibility index (Phi) is 9.26. The first-order valence-electron chi connectivity index (χ1n) is 11.0. The molecule has 34 heavy (non-hydrogen) atoms. The van der Waals surface area contributed by atoms with E-state index in [2.05, 4.69) is 27.9 Å². The van der Waals surface area contributed by atoms with E-state index in [1.807, 2.05) is 72.8 Å². The van der Waals surface area contributed by atoms with E-state index in [9.17, 15) is 9.00 Å². The van der Waals surface area contributed by atoms with E-state index >= 15 is 0 Å². The van der Waals surface area contributed by atoms with E-state index in [0.29, 0.717) is 25.0 Å². The van der Waals surface area contributed by atoms with Crippen LogP contribution in [0.1, 0.15) is 23.1 Å². The van der Waals surface area contributed by atoms with Crippen molar-refractivity contribution in [3.8, 4) is 11.1 Å². The second kappa shape index (κ2) is 12.6. The minimum atomic E-state index is -1.27. The molecule has 0 aliphatic heterocycles. The second-order valence-electron chi connectivity index (χ2n) is 7.89. The van der Waals surface area contributed by atoms with Crippen LogP contribution >= 0.6 is 0 Å². The van der Waals surface area contributed by atoms with Crippen LogP contribution in [-0.2, 0) is 34.4 Å². The second-order valence-corrected chi connectivity index (χ2v) is 9.07. The Bertz CT molecular complexity index is 1210. The first-order chi connectivity index (χ1) is 16.2. The Balaban J connectivity index is 0.00000324. The van der Waals surface area contributed by atoms with E-state index < -0.39 is 11.0 Å². The Morgan fingerprint density at radius 3 is 2.29 bits per heavy atom. The van der Waals surface area contributed by atoms with Crippen LogP contribution in [0.3, 0.4) is 0 Å². The number of nitrogens with one attached hydrogen (secondary N) is 1. The molecular formula is C28H28N2O3S. The van der Waals surface area contributed by atoms with Gasteiger partial charge < -0.3 is 10.2 Å². The molecule has 0 spiro atoms. The number of benzene rings is 3. The van der Waals surface area contributed by atoms with Gasteiger partial charge in [0.1, 0.15) is 16.8 Å². The summed E-state index contributed by atoms with van der Waals surface area (Å²) in [5, 5.41) is 0. The van der Waals surface area contributed by atoms with Crippen LogP contribution in [0.5, 0.6) is 0 Å². The lowest BCUT2D eigenvalue weighted by Crippen LogP contribution is -2.08. The van der Waals surface area contributed by atoms with Gasteiger partial charge in [-0.2, -0.15) is 0 Å². The van der Waals surface area contributed by atoms with Crippen molar-refractivity contribution >= 4 is 22.5 Å². The maximum atomic E-state index is 12.8. The number of carbonyl (C=O) groups excluding carboxylic acids is 1. The fraction of sp³-hybridized carbons (Fsp3) is 0.143. The van der Waals surface area contributed by atoms with E-state index in [0.717, 1.165) is 33.5 Å². The number of aromatic nitrogens is 1. The molecular weight excluding hydrogens is 444 g/mol. The zero-order chi connectivity index (χ0) is 22.9. The van der Waals surface area contributed by atoms with Crippen LogP contribution in [0.2, 0.25) is 0 Å². The third kappa shape index (κ3) is 7.20. The van der Waals surface area contributed by atoms with Crippen molar-refractivity contribution in [1.29, 1.82) is 0 Å². The number of carbonyl (C=O) groups is 1. The van der Waals surface area contributed by atoms with Crippen molar-refractivity contribution < 1.29 is 14.5 Å². The van der Waals surface area contributed by atoms with Crippen molar-refractivity contribution in [2.45, 2.75) is 25.0 Å². The molecule has 0 radical (unpaired) electrons. The van der Waals surface area contributed by atoms with Gasteiger partial charge in [0.15, 0.2) is 0 Å². The topological polar surface area (TPSA) is 90.6 Å². The van der Waals surface area contributed by atoms with Crippen molar-refractivity contribution in [3.63, 3.8) is 0 Å². The lowest BCUT2D eigenvalue weighted by molar-refractivity contribution is -0.118. The van der Waals surface area contributed by atoms with E-state index in [-0.39, 0.29) is 11.3 Å². The third-order valence-electron chi connectivity index (χ3n) is 5.39. The zero-order valence-electron chi connectivity index (χ0n) is 18.8. The number of ketones is 1. The summed E-state index contributed by atoms with van der Waals surface area (Å²) in [6.45, 7) is 0. The van der Waals surface area contributed by atoms with Crippen molar-refractivity contribution in [2.24, 2.45) is 0 Å². The number of nitrogens with zero attached hydrogens (tertiary/aromatic N) is 1. The highest BCUT2D eigenvalue weighted by molar-refractivity contribution is 7.85. The molecule has 1 heterocycles. The molecule has 4 rings (SSSR count). The van der Waals surface area contributed by atoms with E-state index in [1.54, 1.807) is 12.4 Å². The Hall–Kier alpha value is -3.61. The predicted octanol–water partition coefficient (Wildman–Crippen LogP) is 4.94. The Labute approximate surface area is 202 Å². The molecule has 5 nitrogen and oxygen atoms in total. The van der Waals surface area contributed by atoms with Crippen LogP contribution in [0.25, 0.3) is 11.1 Å². The SMILES string of the molecule is O.O=C(CCc1cccnc1)Cc1ccc(NS(=O)Cc2ccccc2-c2ccccc2)cc1. The summed E-state index contributed by atoms with van der Waals surface area (Å²) in [4.78, 5) is 16.4. The number of rotatable bonds is 10. The Morgan fingerprint density at radius 1 is 0.824 bits per heavy atom. The summed E-state index contributed by atoms with van der Waals surface area (Å²) in [6, 6.07) is 29.6. The van der Waals surface area contributed by atoms with Gasteiger partial charge >= 0.3 is 0 Å². The predicted molar refractivity (Wildman–Crippen MR) is 139 cm³/mol. The summed E-state index contributed by atoms with van der Waals surface area (Å²) in [5.41, 5.74) is 6.04. The summed E-state index contributed by atoms with van der Waals surface area (Å²) < 4.78 is 15.9. The summed E-state index contributed by atoms with van der Waals surface area (Å²) in [6.07, 6.45) is 5.13. The number of hydrogen-bond acceptors (Lipinski definition) is 3. The number of hydrogen-bond donors (Lipinski definition) is 1. The molecule has 4 aromatic rings. The smallest absolute Gasteiger partial charge is 0.137 e. The molecule has 3 N–H and O–H groups in total. The van der Waals surface area contributed by atoms with Crippen molar-refractivity contribution in [1.82, 2.24) is 4.98 Å². The quantitative estimate of drug-likeness (QED) is 0.354. The van der Waals surface area contributed by atoms with Gasteiger partial charge in [-0.3, -0.25) is 9.78 Å². The highest BCUT2D eigenvalue weighted by Gasteiger charge is 2.09. The number of Topliss-reactive ketones (excluding diaryl/α,β-unsaturated/α-hetero) is 1. The van der Waals surface area contributed by atoms with Gasteiger partial charge in [-0.1, -0.05) is 72.8 Å². The average Bonchev–Trinajstić information content (AvgIpc) is 2.85. The van der Waals surface area contributed by atoms with E-state index in [1.165, 1.54) is 0 Å². The molecule has 0 aliphatic carbocycles. The molecule has 174 valence electrons. The third-order valence-corrected chi connectivity index (χ3v) is 6.43. The molecule has 6 heteroatoms. The standard InChI is InChI=1S/C28H26N2O2S.H2O/c31-27(17-14-23-7-6-18-29-20-23)19-22-12-15-26(16-13-22)30-33(32)21-25-10-4-5-11-28(25)24-8-2-1-3-9-24;/h1-13,15-16,18,20,30H,14,17,19,21H2;1H2. The van der Waals surface area contributed by atoms with Crippen LogP contribution in [0.15, 0.2) is 103 Å². The van der Waals surface area contributed by atoms with Crippen LogP contribution in [0.4, 0.5) is 5.69 Å². The monoisotopic (exact) mass is 472 g/mol. The highest BCUT2D eigenvalue weighted by Crippen LogP contribution is 2.25. The molecule has 0 amide bonds. The normalized spacial score (nSPS) is 11.3. The molecule has 0 aliphatic rings. The lowest BCUT2D eigenvalue weighted by Gasteiger charge is -2.11. The van der Waals surface area contributed by atoms with Gasteiger partial charge in [0.25, 0.3) is 0 Å². The molecule has 1 aromatic heterocycles. The fourth-order valence-electron chi connectivity index (χ4n) is 3.69. The van der Waals surface area contributed by atoms with Crippen molar-refractivity contribution in [2.75, 3.05) is 4.72 Å². The van der Waals surface area contributed by atoms with Crippen LogP contribution in [-0.4, -0.2) is 20.5 Å².